The number of halogens is 5. The van der Waals surface area contributed by atoms with Crippen LogP contribution in [0.1, 0.15) is 5.56 Å². The van der Waals surface area contributed by atoms with Crippen LogP contribution >= 0.6 is 0 Å². The SMILES string of the molecule is NCCOCCOCCNCc1c(F)c(F)c(F)c(F)c1F. The Morgan fingerprint density at radius 2 is 1.23 bits per heavy atom. The molecule has 0 spiro atoms. The average molecular weight is 328 g/mol. The molecule has 1 rings (SSSR count). The van der Waals surface area contributed by atoms with Gasteiger partial charge < -0.3 is 20.5 Å². The summed E-state index contributed by atoms with van der Waals surface area (Å²) < 4.78 is 75.5. The van der Waals surface area contributed by atoms with Crippen LogP contribution in [0.15, 0.2) is 0 Å². The Balaban J connectivity index is 2.34. The van der Waals surface area contributed by atoms with Crippen LogP contribution in [-0.4, -0.2) is 39.5 Å². The van der Waals surface area contributed by atoms with E-state index in [0.29, 0.717) is 26.4 Å². The van der Waals surface area contributed by atoms with Crippen LogP contribution < -0.4 is 11.1 Å². The van der Waals surface area contributed by atoms with Crippen molar-refractivity contribution in [1.82, 2.24) is 5.32 Å². The molecule has 0 saturated heterocycles. The zero-order valence-corrected chi connectivity index (χ0v) is 11.7. The summed E-state index contributed by atoms with van der Waals surface area (Å²) >= 11 is 0. The minimum atomic E-state index is -2.17. The molecule has 0 atom stereocenters. The molecule has 22 heavy (non-hydrogen) atoms. The predicted octanol–water partition coefficient (Wildman–Crippen LogP) is 1.46. The zero-order valence-electron chi connectivity index (χ0n) is 11.7. The van der Waals surface area contributed by atoms with Crippen molar-refractivity contribution in [3.05, 3.63) is 34.6 Å². The minimum absolute atomic E-state index is 0.177. The Bertz CT molecular complexity index is 459. The molecule has 9 heteroatoms. The van der Waals surface area contributed by atoms with E-state index in [1.807, 2.05) is 0 Å². The van der Waals surface area contributed by atoms with Gasteiger partial charge in [-0.15, -0.1) is 0 Å². The zero-order chi connectivity index (χ0) is 16.5. The highest BCUT2D eigenvalue weighted by Gasteiger charge is 2.25. The van der Waals surface area contributed by atoms with Crippen molar-refractivity contribution in [2.45, 2.75) is 6.54 Å². The van der Waals surface area contributed by atoms with E-state index in [4.69, 9.17) is 15.2 Å². The summed E-state index contributed by atoms with van der Waals surface area (Å²) in [6.45, 7) is 1.36. The van der Waals surface area contributed by atoms with Crippen LogP contribution in [0, 0.1) is 29.1 Å². The smallest absolute Gasteiger partial charge is 0.200 e. The maximum Gasteiger partial charge on any atom is 0.200 e. The summed E-state index contributed by atoms with van der Waals surface area (Å²) in [6, 6.07) is 0. The standard InChI is InChI=1S/C13H17F5N2O2/c14-9-8(10(15)12(17)13(18)11(9)16)7-20-2-4-22-6-5-21-3-1-19/h20H,1-7,19H2. The van der Waals surface area contributed by atoms with Crippen LogP contribution in [0.5, 0.6) is 0 Å². The number of ether oxygens (including phenoxy) is 2. The highest BCUT2D eigenvalue weighted by Crippen LogP contribution is 2.22. The van der Waals surface area contributed by atoms with Gasteiger partial charge in [0.2, 0.25) is 5.82 Å². The van der Waals surface area contributed by atoms with E-state index in [2.05, 4.69) is 5.32 Å². The van der Waals surface area contributed by atoms with E-state index < -0.39 is 41.2 Å². The van der Waals surface area contributed by atoms with Crippen molar-refractivity contribution in [2.24, 2.45) is 5.73 Å². The molecule has 126 valence electrons. The van der Waals surface area contributed by atoms with Gasteiger partial charge in [0, 0.05) is 25.2 Å². The summed E-state index contributed by atoms with van der Waals surface area (Å²) in [5.74, 6) is -9.74. The Morgan fingerprint density at radius 3 is 1.77 bits per heavy atom. The maximum atomic E-state index is 13.3. The first-order chi connectivity index (χ1) is 10.5. The van der Waals surface area contributed by atoms with Gasteiger partial charge in [-0.3, -0.25) is 0 Å². The average Bonchev–Trinajstić information content (AvgIpc) is 2.52. The highest BCUT2D eigenvalue weighted by molar-refractivity contribution is 5.23. The van der Waals surface area contributed by atoms with Crippen molar-refractivity contribution in [2.75, 3.05) is 39.5 Å². The summed E-state index contributed by atoms with van der Waals surface area (Å²) in [5, 5.41) is 2.54. The van der Waals surface area contributed by atoms with Crippen molar-refractivity contribution >= 4 is 0 Å². The predicted molar refractivity (Wildman–Crippen MR) is 68.6 cm³/mol. The van der Waals surface area contributed by atoms with Crippen molar-refractivity contribution in [3.8, 4) is 0 Å². The van der Waals surface area contributed by atoms with Gasteiger partial charge in [0.1, 0.15) is 0 Å². The van der Waals surface area contributed by atoms with E-state index in [9.17, 15) is 22.0 Å². The van der Waals surface area contributed by atoms with Crippen LogP contribution in [-0.2, 0) is 16.0 Å². The highest BCUT2D eigenvalue weighted by atomic mass is 19.2. The molecule has 0 aliphatic heterocycles. The Morgan fingerprint density at radius 1 is 0.727 bits per heavy atom. The van der Waals surface area contributed by atoms with Gasteiger partial charge >= 0.3 is 0 Å². The van der Waals surface area contributed by atoms with Crippen molar-refractivity contribution in [3.63, 3.8) is 0 Å². The maximum absolute atomic E-state index is 13.3. The lowest BCUT2D eigenvalue weighted by Gasteiger charge is -2.10. The molecule has 0 bridgehead atoms. The monoisotopic (exact) mass is 328 g/mol. The van der Waals surface area contributed by atoms with E-state index in [1.54, 1.807) is 0 Å². The number of nitrogens with two attached hydrogens (primary N) is 1. The molecule has 3 N–H and O–H groups in total. The van der Waals surface area contributed by atoms with Crippen LogP contribution in [0.3, 0.4) is 0 Å². The van der Waals surface area contributed by atoms with Crippen molar-refractivity contribution < 1.29 is 31.4 Å². The molecule has 0 amide bonds. The van der Waals surface area contributed by atoms with Crippen LogP contribution in [0.25, 0.3) is 0 Å². The summed E-state index contributed by atoms with van der Waals surface area (Å²) in [5.41, 5.74) is 4.30. The normalized spacial score (nSPS) is 11.2. The molecule has 1 aromatic rings. The molecule has 0 saturated carbocycles. The number of rotatable bonds is 10. The first-order valence-corrected chi connectivity index (χ1v) is 6.57. The topological polar surface area (TPSA) is 56.5 Å². The lowest BCUT2D eigenvalue weighted by Crippen LogP contribution is -2.23. The number of hydrogen-bond acceptors (Lipinski definition) is 4. The second-order valence-electron chi connectivity index (χ2n) is 4.24. The molecule has 0 fully saturated rings. The van der Waals surface area contributed by atoms with Gasteiger partial charge in [0.25, 0.3) is 0 Å². The molecular weight excluding hydrogens is 311 g/mol. The lowest BCUT2D eigenvalue weighted by atomic mass is 10.1. The molecule has 0 aromatic heterocycles. The fourth-order valence-corrected chi connectivity index (χ4v) is 1.57. The summed E-state index contributed by atoms with van der Waals surface area (Å²) in [4.78, 5) is 0. The van der Waals surface area contributed by atoms with E-state index in [-0.39, 0.29) is 13.2 Å². The molecule has 0 unspecified atom stereocenters. The lowest BCUT2D eigenvalue weighted by molar-refractivity contribution is 0.0517. The number of hydrogen-bond donors (Lipinski definition) is 2. The van der Waals surface area contributed by atoms with Gasteiger partial charge in [-0.1, -0.05) is 0 Å². The Kier molecular flexibility index (Phi) is 8.25. The molecule has 0 aliphatic rings. The molecule has 0 aliphatic carbocycles. The van der Waals surface area contributed by atoms with Gasteiger partial charge in [0.15, 0.2) is 23.3 Å². The Labute approximate surface area is 124 Å². The summed E-state index contributed by atoms with van der Waals surface area (Å²) in [6.07, 6.45) is 0. The first-order valence-electron chi connectivity index (χ1n) is 6.57. The quantitative estimate of drug-likeness (QED) is 0.296. The van der Waals surface area contributed by atoms with Crippen LogP contribution in [0.2, 0.25) is 0 Å². The Hall–Kier alpha value is -1.29. The largest absolute Gasteiger partial charge is 0.378 e. The summed E-state index contributed by atoms with van der Waals surface area (Å²) in [7, 11) is 0. The molecule has 0 heterocycles. The molecular formula is C13H17F5N2O2. The first kappa shape index (κ1) is 18.8. The third-order valence-corrected chi connectivity index (χ3v) is 2.66. The fraction of sp³-hybridized carbons (Fsp3) is 0.538. The molecule has 4 nitrogen and oxygen atoms in total. The molecule has 1 aromatic carbocycles. The second-order valence-corrected chi connectivity index (χ2v) is 4.24. The van der Waals surface area contributed by atoms with Gasteiger partial charge in [0.05, 0.1) is 26.4 Å². The van der Waals surface area contributed by atoms with Gasteiger partial charge in [-0.05, 0) is 0 Å². The van der Waals surface area contributed by atoms with Crippen LogP contribution in [0.4, 0.5) is 22.0 Å². The van der Waals surface area contributed by atoms with Gasteiger partial charge in [-0.25, -0.2) is 22.0 Å². The van der Waals surface area contributed by atoms with E-state index >= 15 is 0 Å². The third-order valence-electron chi connectivity index (χ3n) is 2.66. The second kappa shape index (κ2) is 9.67. The van der Waals surface area contributed by atoms with E-state index in [0.717, 1.165) is 0 Å². The van der Waals surface area contributed by atoms with Gasteiger partial charge in [-0.2, -0.15) is 0 Å². The minimum Gasteiger partial charge on any atom is -0.378 e. The number of nitrogens with one attached hydrogen (secondary N) is 1. The molecule has 0 radical (unpaired) electrons. The number of benzene rings is 1. The fourth-order valence-electron chi connectivity index (χ4n) is 1.57. The third kappa shape index (κ3) is 5.16. The van der Waals surface area contributed by atoms with Crippen molar-refractivity contribution in [1.29, 1.82) is 0 Å². The van der Waals surface area contributed by atoms with E-state index in [1.165, 1.54) is 0 Å².